The largest absolute Gasteiger partial charge is 0.392 e. The maximum Gasteiger partial charge on any atom is 0.242 e. The summed E-state index contributed by atoms with van der Waals surface area (Å²) in [6.07, 6.45) is 1.42. The van der Waals surface area contributed by atoms with E-state index in [9.17, 15) is 8.42 Å². The van der Waals surface area contributed by atoms with Crippen LogP contribution in [0.25, 0.3) is 0 Å². The lowest BCUT2D eigenvalue weighted by molar-refractivity contribution is 0.281. The molecule has 19 heavy (non-hydrogen) atoms. The number of hydrogen-bond acceptors (Lipinski definition) is 5. The van der Waals surface area contributed by atoms with E-state index < -0.39 is 10.0 Å². The van der Waals surface area contributed by atoms with Gasteiger partial charge < -0.3 is 9.63 Å². The zero-order valence-electron chi connectivity index (χ0n) is 9.71. The monoisotopic (exact) mass is 302 g/mol. The van der Waals surface area contributed by atoms with Crippen LogP contribution in [0.5, 0.6) is 0 Å². The predicted molar refractivity (Wildman–Crippen MR) is 67.9 cm³/mol. The molecule has 0 aliphatic carbocycles. The minimum atomic E-state index is -3.78. The Morgan fingerprint density at radius 2 is 2.16 bits per heavy atom. The van der Waals surface area contributed by atoms with Crippen molar-refractivity contribution >= 4 is 21.6 Å². The van der Waals surface area contributed by atoms with Gasteiger partial charge in [-0.25, -0.2) is 13.1 Å². The van der Waals surface area contributed by atoms with Gasteiger partial charge in [0.05, 0.1) is 24.4 Å². The molecule has 0 atom stereocenters. The standard InChI is InChI=1S/C11H11ClN2O4S/c12-10-2-1-8(7-15)5-11(10)19(16,17)14-6-9-3-4-13-18-9/h1-5,14-15H,6-7H2. The van der Waals surface area contributed by atoms with Crippen LogP contribution < -0.4 is 4.72 Å². The normalized spacial score (nSPS) is 11.7. The van der Waals surface area contributed by atoms with Gasteiger partial charge in [-0.1, -0.05) is 22.8 Å². The smallest absolute Gasteiger partial charge is 0.242 e. The molecule has 0 amide bonds. The van der Waals surface area contributed by atoms with Crippen molar-refractivity contribution in [3.05, 3.63) is 46.8 Å². The summed E-state index contributed by atoms with van der Waals surface area (Å²) in [6, 6.07) is 5.85. The molecule has 0 spiro atoms. The molecule has 0 saturated carbocycles. The lowest BCUT2D eigenvalue weighted by Gasteiger charge is -2.08. The fourth-order valence-corrected chi connectivity index (χ4v) is 2.97. The van der Waals surface area contributed by atoms with Crippen molar-refractivity contribution in [1.29, 1.82) is 0 Å². The SMILES string of the molecule is O=S(=O)(NCc1ccno1)c1cc(CO)ccc1Cl. The Labute approximate surface area is 115 Å². The van der Waals surface area contributed by atoms with Gasteiger partial charge in [-0.3, -0.25) is 0 Å². The van der Waals surface area contributed by atoms with Crippen molar-refractivity contribution in [1.82, 2.24) is 9.88 Å². The van der Waals surface area contributed by atoms with Crippen molar-refractivity contribution in [3.63, 3.8) is 0 Å². The number of sulfonamides is 1. The first-order chi connectivity index (χ1) is 9.03. The van der Waals surface area contributed by atoms with Crippen LogP contribution in [0.2, 0.25) is 5.02 Å². The van der Waals surface area contributed by atoms with Crippen LogP contribution in [0.4, 0.5) is 0 Å². The van der Waals surface area contributed by atoms with Crippen LogP contribution in [-0.2, 0) is 23.2 Å². The Morgan fingerprint density at radius 3 is 2.79 bits per heavy atom. The molecule has 0 unspecified atom stereocenters. The summed E-state index contributed by atoms with van der Waals surface area (Å²) in [7, 11) is -3.78. The summed E-state index contributed by atoms with van der Waals surface area (Å²) in [4.78, 5) is -0.0831. The first kappa shape index (κ1) is 14.0. The number of halogens is 1. The maximum absolute atomic E-state index is 12.1. The molecule has 1 aromatic heterocycles. The summed E-state index contributed by atoms with van der Waals surface area (Å²) in [5, 5.41) is 12.6. The Morgan fingerprint density at radius 1 is 1.37 bits per heavy atom. The van der Waals surface area contributed by atoms with Gasteiger partial charge in [0.25, 0.3) is 0 Å². The molecule has 0 fully saturated rings. The first-order valence-corrected chi connectivity index (χ1v) is 7.17. The Bertz CT molecular complexity index is 655. The van der Waals surface area contributed by atoms with Gasteiger partial charge in [0.2, 0.25) is 10.0 Å². The molecule has 6 nitrogen and oxygen atoms in total. The second-order valence-corrected chi connectivity index (χ2v) is 5.87. The number of hydrogen-bond donors (Lipinski definition) is 2. The van der Waals surface area contributed by atoms with E-state index in [1.807, 2.05) is 0 Å². The van der Waals surface area contributed by atoms with Crippen molar-refractivity contribution in [3.8, 4) is 0 Å². The molecule has 0 bridgehead atoms. The number of aromatic nitrogens is 1. The molecule has 0 aliphatic rings. The van der Waals surface area contributed by atoms with Crippen LogP contribution in [-0.4, -0.2) is 18.7 Å². The summed E-state index contributed by atoms with van der Waals surface area (Å²) >= 11 is 5.86. The van der Waals surface area contributed by atoms with Crippen molar-refractivity contribution in [2.45, 2.75) is 18.0 Å². The third kappa shape index (κ3) is 3.32. The lowest BCUT2D eigenvalue weighted by Crippen LogP contribution is -2.23. The molecule has 8 heteroatoms. The van der Waals surface area contributed by atoms with E-state index in [1.54, 1.807) is 12.1 Å². The highest BCUT2D eigenvalue weighted by Gasteiger charge is 2.18. The van der Waals surface area contributed by atoms with Gasteiger partial charge in [0.1, 0.15) is 4.90 Å². The molecule has 1 heterocycles. The van der Waals surface area contributed by atoms with Crippen LogP contribution in [0.3, 0.4) is 0 Å². The minimum absolute atomic E-state index is 0.0258. The number of nitrogens with zero attached hydrogens (tertiary/aromatic N) is 1. The van der Waals surface area contributed by atoms with Crippen molar-refractivity contribution in [2.24, 2.45) is 0 Å². The highest BCUT2D eigenvalue weighted by Crippen LogP contribution is 2.22. The third-order valence-electron chi connectivity index (χ3n) is 2.40. The minimum Gasteiger partial charge on any atom is -0.392 e. The number of aliphatic hydroxyl groups excluding tert-OH is 1. The fourth-order valence-electron chi connectivity index (χ4n) is 1.43. The first-order valence-electron chi connectivity index (χ1n) is 5.31. The average molecular weight is 303 g/mol. The van der Waals surface area contributed by atoms with E-state index in [2.05, 4.69) is 9.88 Å². The van der Waals surface area contributed by atoms with Crippen LogP contribution in [0.1, 0.15) is 11.3 Å². The van der Waals surface area contributed by atoms with E-state index >= 15 is 0 Å². The zero-order chi connectivity index (χ0) is 13.9. The zero-order valence-corrected chi connectivity index (χ0v) is 11.3. The number of benzene rings is 1. The van der Waals surface area contributed by atoms with E-state index in [0.717, 1.165) is 0 Å². The molecule has 0 saturated heterocycles. The highest BCUT2D eigenvalue weighted by atomic mass is 35.5. The number of rotatable bonds is 5. The molecule has 2 N–H and O–H groups in total. The second kappa shape index (κ2) is 5.70. The van der Waals surface area contributed by atoms with E-state index in [-0.39, 0.29) is 23.1 Å². The molecular formula is C11H11ClN2O4S. The van der Waals surface area contributed by atoms with Crippen molar-refractivity contribution < 1.29 is 18.0 Å². The quantitative estimate of drug-likeness (QED) is 0.868. The predicted octanol–water partition coefficient (Wildman–Crippen LogP) is 1.30. The van der Waals surface area contributed by atoms with E-state index in [4.69, 9.17) is 21.2 Å². The number of aliphatic hydroxyl groups is 1. The summed E-state index contributed by atoms with van der Waals surface area (Å²) in [5.74, 6) is 0.387. The average Bonchev–Trinajstić information content (AvgIpc) is 2.90. The Balaban J connectivity index is 2.23. The maximum atomic E-state index is 12.1. The summed E-state index contributed by atoms with van der Waals surface area (Å²) in [5.41, 5.74) is 0.462. The van der Waals surface area contributed by atoms with Crippen LogP contribution in [0, 0.1) is 0 Å². The van der Waals surface area contributed by atoms with Crippen molar-refractivity contribution in [2.75, 3.05) is 0 Å². The van der Waals surface area contributed by atoms with Gasteiger partial charge in [-0.2, -0.15) is 0 Å². The summed E-state index contributed by atoms with van der Waals surface area (Å²) < 4.78 is 31.3. The Hall–Kier alpha value is -1.41. The Kier molecular flexibility index (Phi) is 4.20. The van der Waals surface area contributed by atoms with Gasteiger partial charge in [0, 0.05) is 6.07 Å². The van der Waals surface area contributed by atoms with Gasteiger partial charge >= 0.3 is 0 Å². The fraction of sp³-hybridized carbons (Fsp3) is 0.182. The highest BCUT2D eigenvalue weighted by molar-refractivity contribution is 7.89. The second-order valence-electron chi connectivity index (χ2n) is 3.73. The van der Waals surface area contributed by atoms with Gasteiger partial charge in [-0.15, -0.1) is 0 Å². The molecule has 2 aromatic rings. The molecular weight excluding hydrogens is 292 g/mol. The van der Waals surface area contributed by atoms with E-state index in [1.165, 1.54) is 18.3 Å². The molecule has 1 aromatic carbocycles. The lowest BCUT2D eigenvalue weighted by atomic mass is 10.2. The van der Waals surface area contributed by atoms with Crippen LogP contribution in [0.15, 0.2) is 39.9 Å². The van der Waals surface area contributed by atoms with Gasteiger partial charge in [-0.05, 0) is 17.7 Å². The number of nitrogens with one attached hydrogen (secondary N) is 1. The van der Waals surface area contributed by atoms with Gasteiger partial charge in [0.15, 0.2) is 5.76 Å². The molecule has 2 rings (SSSR count). The topological polar surface area (TPSA) is 92.4 Å². The van der Waals surface area contributed by atoms with E-state index in [0.29, 0.717) is 11.3 Å². The summed E-state index contributed by atoms with van der Waals surface area (Å²) in [6.45, 7) is -0.288. The molecule has 0 radical (unpaired) electrons. The third-order valence-corrected chi connectivity index (χ3v) is 4.28. The molecule has 0 aliphatic heterocycles. The van der Waals surface area contributed by atoms with Crippen LogP contribution >= 0.6 is 11.6 Å². The molecule has 102 valence electrons.